The van der Waals surface area contributed by atoms with Crippen LogP contribution in [0.1, 0.15) is 18.3 Å². The number of alkyl halides is 3. The molecule has 0 aliphatic carbocycles. The molecule has 1 aromatic carbocycles. The number of nitrogens with zero attached hydrogens (tertiary/aromatic N) is 3. The lowest BCUT2D eigenvalue weighted by Gasteiger charge is -2.11. The summed E-state index contributed by atoms with van der Waals surface area (Å²) in [6, 6.07) is 2.63. The first-order valence-electron chi connectivity index (χ1n) is 5.78. The van der Waals surface area contributed by atoms with Gasteiger partial charge in [0.1, 0.15) is 12.4 Å². The van der Waals surface area contributed by atoms with Gasteiger partial charge >= 0.3 is 6.18 Å². The summed E-state index contributed by atoms with van der Waals surface area (Å²) in [5, 5.41) is 16.5. The van der Waals surface area contributed by atoms with Crippen molar-refractivity contribution in [3.05, 3.63) is 35.4 Å². The summed E-state index contributed by atoms with van der Waals surface area (Å²) in [5.41, 5.74) is -1.26. The van der Waals surface area contributed by atoms with E-state index in [1.54, 1.807) is 6.92 Å². The van der Waals surface area contributed by atoms with E-state index < -0.39 is 17.6 Å². The van der Waals surface area contributed by atoms with E-state index in [1.807, 2.05) is 0 Å². The second-order valence-corrected chi connectivity index (χ2v) is 4.03. The Morgan fingerprint density at radius 2 is 1.95 bits per heavy atom. The Hall–Kier alpha value is -1.96. The molecule has 0 fully saturated rings. The minimum absolute atomic E-state index is 0.0905. The van der Waals surface area contributed by atoms with E-state index in [0.29, 0.717) is 12.6 Å². The highest BCUT2D eigenvalue weighted by Crippen LogP contribution is 2.34. The first-order chi connectivity index (χ1) is 9.38. The molecule has 1 heterocycles. The molecule has 8 heteroatoms. The van der Waals surface area contributed by atoms with Gasteiger partial charge < -0.3 is 9.67 Å². The number of aromatic nitrogens is 3. The molecule has 0 radical (unpaired) electrons. The molecule has 20 heavy (non-hydrogen) atoms. The molecule has 0 atom stereocenters. The van der Waals surface area contributed by atoms with Gasteiger partial charge in [-0.1, -0.05) is 0 Å². The van der Waals surface area contributed by atoms with Crippen LogP contribution in [-0.2, 0) is 19.3 Å². The van der Waals surface area contributed by atoms with E-state index in [9.17, 15) is 17.6 Å². The molecule has 0 aliphatic heterocycles. The summed E-state index contributed by atoms with van der Waals surface area (Å²) in [5.74, 6) is -0.950. The van der Waals surface area contributed by atoms with Crippen LogP contribution in [0, 0.1) is 5.82 Å². The average molecular weight is 289 g/mol. The summed E-state index contributed by atoms with van der Waals surface area (Å²) >= 11 is 0. The number of rotatable bonds is 3. The van der Waals surface area contributed by atoms with E-state index in [4.69, 9.17) is 5.11 Å². The van der Waals surface area contributed by atoms with E-state index in [-0.39, 0.29) is 23.8 Å². The van der Waals surface area contributed by atoms with Gasteiger partial charge in [-0.25, -0.2) is 4.39 Å². The molecular weight excluding hydrogens is 278 g/mol. The minimum atomic E-state index is -4.78. The molecule has 0 spiro atoms. The van der Waals surface area contributed by atoms with Gasteiger partial charge in [-0.05, 0) is 25.1 Å². The Kier molecular flexibility index (Phi) is 3.76. The van der Waals surface area contributed by atoms with Gasteiger partial charge in [0.05, 0.1) is 5.56 Å². The van der Waals surface area contributed by atoms with Crippen LogP contribution < -0.4 is 0 Å². The van der Waals surface area contributed by atoms with Crippen LogP contribution in [0.5, 0.6) is 0 Å². The van der Waals surface area contributed by atoms with E-state index in [2.05, 4.69) is 10.2 Å². The Morgan fingerprint density at radius 1 is 1.25 bits per heavy atom. The van der Waals surface area contributed by atoms with Crippen molar-refractivity contribution in [1.29, 1.82) is 0 Å². The number of hydrogen-bond donors (Lipinski definition) is 1. The summed E-state index contributed by atoms with van der Waals surface area (Å²) in [4.78, 5) is 0. The van der Waals surface area contributed by atoms with Crippen molar-refractivity contribution in [2.24, 2.45) is 0 Å². The van der Waals surface area contributed by atoms with E-state index in [1.165, 1.54) is 10.6 Å². The van der Waals surface area contributed by atoms with Gasteiger partial charge in [0.15, 0.2) is 11.6 Å². The standard InChI is InChI=1S/C12H11F4N3O/c1-2-19-10(6-20)17-18-11(19)7-3-4-9(13)8(5-7)12(14,15)16/h3-5,20H,2,6H2,1H3. The number of halogens is 4. The maximum absolute atomic E-state index is 13.2. The van der Waals surface area contributed by atoms with Gasteiger partial charge in [-0.2, -0.15) is 13.2 Å². The Bertz CT molecular complexity index is 622. The summed E-state index contributed by atoms with van der Waals surface area (Å²) < 4.78 is 52.7. The second kappa shape index (κ2) is 5.20. The molecule has 0 aliphatic rings. The van der Waals surface area contributed by atoms with Gasteiger partial charge in [-0.15, -0.1) is 10.2 Å². The molecule has 1 aromatic heterocycles. The maximum atomic E-state index is 13.2. The van der Waals surface area contributed by atoms with E-state index >= 15 is 0 Å². The Morgan fingerprint density at radius 3 is 2.50 bits per heavy atom. The van der Waals surface area contributed by atoms with Gasteiger partial charge in [0.25, 0.3) is 0 Å². The number of aliphatic hydroxyl groups excluding tert-OH is 1. The zero-order valence-electron chi connectivity index (χ0n) is 10.4. The highest BCUT2D eigenvalue weighted by Gasteiger charge is 2.34. The molecule has 0 bridgehead atoms. The summed E-state index contributed by atoms with van der Waals surface area (Å²) in [7, 11) is 0. The van der Waals surface area contributed by atoms with Crippen LogP contribution in [0.15, 0.2) is 18.2 Å². The Labute approximate surface area is 111 Å². The molecular formula is C12H11F4N3O. The molecule has 0 saturated heterocycles. The quantitative estimate of drug-likeness (QED) is 0.884. The largest absolute Gasteiger partial charge is 0.419 e. The zero-order valence-corrected chi connectivity index (χ0v) is 10.4. The van der Waals surface area contributed by atoms with Crippen molar-refractivity contribution < 1.29 is 22.7 Å². The summed E-state index contributed by atoms with van der Waals surface area (Å²) in [6.45, 7) is 1.73. The first kappa shape index (κ1) is 14.4. The normalized spacial score (nSPS) is 11.9. The monoisotopic (exact) mass is 289 g/mol. The lowest BCUT2D eigenvalue weighted by molar-refractivity contribution is -0.139. The van der Waals surface area contributed by atoms with E-state index in [0.717, 1.165) is 6.07 Å². The van der Waals surface area contributed by atoms with Crippen LogP contribution in [-0.4, -0.2) is 19.9 Å². The molecule has 0 unspecified atom stereocenters. The topological polar surface area (TPSA) is 50.9 Å². The van der Waals surface area contributed by atoms with Crippen molar-refractivity contribution in [2.75, 3.05) is 0 Å². The predicted molar refractivity (Wildman–Crippen MR) is 62.0 cm³/mol. The zero-order chi connectivity index (χ0) is 14.9. The van der Waals surface area contributed by atoms with Crippen LogP contribution in [0.4, 0.5) is 17.6 Å². The SMILES string of the molecule is CCn1c(CO)nnc1-c1ccc(F)c(C(F)(F)F)c1. The lowest BCUT2D eigenvalue weighted by atomic mass is 10.1. The van der Waals surface area contributed by atoms with Gasteiger partial charge in [0, 0.05) is 12.1 Å². The van der Waals surface area contributed by atoms with Crippen LogP contribution >= 0.6 is 0 Å². The fourth-order valence-electron chi connectivity index (χ4n) is 1.88. The highest BCUT2D eigenvalue weighted by atomic mass is 19.4. The third kappa shape index (κ3) is 2.51. The van der Waals surface area contributed by atoms with Gasteiger partial charge in [0.2, 0.25) is 0 Å². The fraction of sp³-hybridized carbons (Fsp3) is 0.333. The molecule has 1 N–H and O–H groups in total. The lowest BCUT2D eigenvalue weighted by Crippen LogP contribution is -2.09. The van der Waals surface area contributed by atoms with Crippen molar-refractivity contribution in [3.8, 4) is 11.4 Å². The molecule has 2 aromatic rings. The van der Waals surface area contributed by atoms with Crippen LogP contribution in [0.2, 0.25) is 0 Å². The number of benzene rings is 1. The average Bonchev–Trinajstić information content (AvgIpc) is 2.80. The molecule has 0 saturated carbocycles. The highest BCUT2D eigenvalue weighted by molar-refractivity contribution is 5.57. The second-order valence-electron chi connectivity index (χ2n) is 4.03. The molecule has 2 rings (SSSR count). The van der Waals surface area contributed by atoms with Crippen molar-refractivity contribution >= 4 is 0 Å². The summed E-state index contributed by atoms with van der Waals surface area (Å²) in [6.07, 6.45) is -4.78. The Balaban J connectivity index is 2.57. The number of aliphatic hydroxyl groups is 1. The van der Waals surface area contributed by atoms with Crippen molar-refractivity contribution in [3.63, 3.8) is 0 Å². The smallest absolute Gasteiger partial charge is 0.388 e. The van der Waals surface area contributed by atoms with Crippen LogP contribution in [0.3, 0.4) is 0 Å². The molecule has 4 nitrogen and oxygen atoms in total. The van der Waals surface area contributed by atoms with Crippen molar-refractivity contribution in [2.45, 2.75) is 26.3 Å². The molecule has 108 valence electrons. The number of hydrogen-bond acceptors (Lipinski definition) is 3. The van der Waals surface area contributed by atoms with Gasteiger partial charge in [-0.3, -0.25) is 0 Å². The maximum Gasteiger partial charge on any atom is 0.419 e. The fourth-order valence-corrected chi connectivity index (χ4v) is 1.88. The third-order valence-corrected chi connectivity index (χ3v) is 2.82. The third-order valence-electron chi connectivity index (χ3n) is 2.82. The molecule has 0 amide bonds. The first-order valence-corrected chi connectivity index (χ1v) is 5.78. The predicted octanol–water partition coefficient (Wildman–Crippen LogP) is 2.62. The minimum Gasteiger partial charge on any atom is -0.388 e. The van der Waals surface area contributed by atoms with Crippen LogP contribution in [0.25, 0.3) is 11.4 Å². The van der Waals surface area contributed by atoms with Crippen molar-refractivity contribution in [1.82, 2.24) is 14.8 Å².